The molecule has 0 bridgehead atoms. The van der Waals surface area contributed by atoms with Crippen molar-refractivity contribution in [3.05, 3.63) is 0 Å². The highest BCUT2D eigenvalue weighted by molar-refractivity contribution is 4.96. The highest BCUT2D eigenvalue weighted by atomic mass is 16.3. The van der Waals surface area contributed by atoms with Gasteiger partial charge in [0.05, 0.1) is 6.61 Å². The lowest BCUT2D eigenvalue weighted by molar-refractivity contribution is 0.0261. The van der Waals surface area contributed by atoms with Gasteiger partial charge in [0.2, 0.25) is 0 Å². The highest BCUT2D eigenvalue weighted by Gasteiger charge is 2.37. The van der Waals surface area contributed by atoms with E-state index >= 15 is 0 Å². The molecule has 0 spiro atoms. The Balaban J connectivity index is 2.56. The van der Waals surface area contributed by atoms with Gasteiger partial charge in [-0.25, -0.2) is 0 Å². The number of hydrogen-bond acceptors (Lipinski definition) is 3. The Morgan fingerprint density at radius 2 is 1.57 bits per heavy atom. The van der Waals surface area contributed by atoms with E-state index in [1.54, 1.807) is 0 Å². The first-order valence-electron chi connectivity index (χ1n) is 9.35. The minimum atomic E-state index is 0.297. The third-order valence-corrected chi connectivity index (χ3v) is 5.04. The molecule has 0 aromatic heterocycles. The van der Waals surface area contributed by atoms with E-state index in [2.05, 4.69) is 24.1 Å². The number of hydrogen-bond donors (Lipinski definition) is 2. The largest absolute Gasteiger partial charge is 0.395 e. The molecule has 0 atom stereocenters. The summed E-state index contributed by atoms with van der Waals surface area (Å²) in [6.07, 6.45) is 13.3. The number of rotatable bonds is 12. The molecule has 1 saturated heterocycles. The van der Waals surface area contributed by atoms with Crippen molar-refractivity contribution >= 4 is 0 Å². The Morgan fingerprint density at radius 1 is 0.952 bits per heavy atom. The smallest absolute Gasteiger partial charge is 0.0558 e. The van der Waals surface area contributed by atoms with Crippen LogP contribution < -0.4 is 5.32 Å². The van der Waals surface area contributed by atoms with Crippen LogP contribution in [0.25, 0.3) is 0 Å². The minimum Gasteiger partial charge on any atom is -0.395 e. The molecule has 1 heterocycles. The molecular formula is C18H38N2O. The molecular weight excluding hydrogens is 260 g/mol. The molecule has 0 aliphatic carbocycles. The van der Waals surface area contributed by atoms with E-state index in [0.29, 0.717) is 12.1 Å². The molecule has 1 aliphatic rings. The van der Waals surface area contributed by atoms with E-state index in [1.807, 2.05) is 0 Å². The van der Waals surface area contributed by atoms with Gasteiger partial charge in [-0.3, -0.25) is 4.90 Å². The van der Waals surface area contributed by atoms with Crippen LogP contribution in [-0.2, 0) is 0 Å². The third-order valence-electron chi connectivity index (χ3n) is 5.04. The van der Waals surface area contributed by atoms with Crippen molar-refractivity contribution in [3.63, 3.8) is 0 Å². The maximum atomic E-state index is 9.41. The topological polar surface area (TPSA) is 35.5 Å². The van der Waals surface area contributed by atoms with Crippen LogP contribution in [0.15, 0.2) is 0 Å². The summed E-state index contributed by atoms with van der Waals surface area (Å²) in [6, 6.07) is 0. The summed E-state index contributed by atoms with van der Waals surface area (Å²) >= 11 is 0. The maximum Gasteiger partial charge on any atom is 0.0558 e. The van der Waals surface area contributed by atoms with Crippen LogP contribution in [0.4, 0.5) is 0 Å². The Labute approximate surface area is 132 Å². The lowest BCUT2D eigenvalue weighted by atomic mass is 9.83. The van der Waals surface area contributed by atoms with Gasteiger partial charge in [-0.2, -0.15) is 0 Å². The average Bonchev–Trinajstić information content (AvgIpc) is 2.51. The van der Waals surface area contributed by atoms with E-state index in [9.17, 15) is 5.11 Å². The number of nitrogens with one attached hydrogen (secondary N) is 1. The van der Waals surface area contributed by atoms with Gasteiger partial charge >= 0.3 is 0 Å². The normalized spacial score (nSPS) is 19.0. The van der Waals surface area contributed by atoms with Gasteiger partial charge in [-0.15, -0.1) is 0 Å². The van der Waals surface area contributed by atoms with Crippen LogP contribution in [0.2, 0.25) is 0 Å². The quantitative estimate of drug-likeness (QED) is 0.541. The lowest BCUT2D eigenvalue weighted by Gasteiger charge is -2.48. The van der Waals surface area contributed by atoms with Gasteiger partial charge in [0, 0.05) is 31.7 Å². The Bertz CT molecular complexity index is 231. The molecule has 1 rings (SSSR count). The SMILES string of the molecule is CCCCCCC1(CCCCCC)CNCCN1CCO. The summed E-state index contributed by atoms with van der Waals surface area (Å²) in [6.45, 7) is 9.00. The van der Waals surface area contributed by atoms with E-state index < -0.39 is 0 Å². The second-order valence-corrected chi connectivity index (χ2v) is 6.73. The number of aliphatic hydroxyl groups excluding tert-OH is 1. The standard InChI is InChI=1S/C18H38N2O/c1-3-5-7-9-11-18(12-10-8-6-4-2)17-19-13-14-20(18)15-16-21/h19,21H,3-17H2,1-2H3. The zero-order chi connectivity index (χ0) is 15.4. The molecule has 0 amide bonds. The molecule has 2 N–H and O–H groups in total. The average molecular weight is 299 g/mol. The van der Waals surface area contributed by atoms with Crippen molar-refractivity contribution in [3.8, 4) is 0 Å². The van der Waals surface area contributed by atoms with Crippen LogP contribution in [0.5, 0.6) is 0 Å². The molecule has 21 heavy (non-hydrogen) atoms. The fourth-order valence-corrected chi connectivity index (χ4v) is 3.73. The molecule has 0 saturated carbocycles. The van der Waals surface area contributed by atoms with Crippen LogP contribution in [0.1, 0.15) is 78.1 Å². The zero-order valence-corrected chi connectivity index (χ0v) is 14.5. The Hall–Kier alpha value is -0.120. The first-order valence-corrected chi connectivity index (χ1v) is 9.35. The molecule has 0 radical (unpaired) electrons. The molecule has 126 valence electrons. The van der Waals surface area contributed by atoms with Crippen molar-refractivity contribution in [1.82, 2.24) is 10.2 Å². The van der Waals surface area contributed by atoms with Crippen LogP contribution in [0.3, 0.4) is 0 Å². The van der Waals surface area contributed by atoms with Crippen molar-refractivity contribution in [2.45, 2.75) is 83.6 Å². The second-order valence-electron chi connectivity index (χ2n) is 6.73. The molecule has 3 nitrogen and oxygen atoms in total. The molecule has 1 aliphatic heterocycles. The first kappa shape index (κ1) is 18.9. The van der Waals surface area contributed by atoms with E-state index in [0.717, 1.165) is 26.2 Å². The summed E-state index contributed by atoms with van der Waals surface area (Å²) < 4.78 is 0. The van der Waals surface area contributed by atoms with E-state index in [-0.39, 0.29) is 0 Å². The van der Waals surface area contributed by atoms with Crippen molar-refractivity contribution in [1.29, 1.82) is 0 Å². The second kappa shape index (κ2) is 11.4. The van der Waals surface area contributed by atoms with E-state index in [4.69, 9.17) is 0 Å². The lowest BCUT2D eigenvalue weighted by Crippen LogP contribution is -2.61. The minimum absolute atomic E-state index is 0.297. The molecule has 1 fully saturated rings. The highest BCUT2D eigenvalue weighted by Crippen LogP contribution is 2.30. The molecule has 0 unspecified atom stereocenters. The van der Waals surface area contributed by atoms with Crippen molar-refractivity contribution < 1.29 is 5.11 Å². The first-order chi connectivity index (χ1) is 10.3. The molecule has 0 aromatic carbocycles. The summed E-state index contributed by atoms with van der Waals surface area (Å²) in [5.74, 6) is 0. The van der Waals surface area contributed by atoms with Gasteiger partial charge in [0.1, 0.15) is 0 Å². The van der Waals surface area contributed by atoms with Gasteiger partial charge in [0.25, 0.3) is 0 Å². The predicted molar refractivity (Wildman–Crippen MR) is 91.8 cm³/mol. The Morgan fingerprint density at radius 3 is 2.10 bits per heavy atom. The predicted octanol–water partition coefficient (Wildman–Crippen LogP) is 3.56. The van der Waals surface area contributed by atoms with Crippen LogP contribution >= 0.6 is 0 Å². The van der Waals surface area contributed by atoms with Gasteiger partial charge in [0.15, 0.2) is 0 Å². The van der Waals surface area contributed by atoms with Crippen LogP contribution in [0, 0.1) is 0 Å². The van der Waals surface area contributed by atoms with Gasteiger partial charge in [-0.1, -0.05) is 65.2 Å². The fraction of sp³-hybridized carbons (Fsp3) is 1.00. The number of β-amino-alcohol motifs (C(OH)–C–C–N with tert-alkyl or cyclic N) is 1. The number of aliphatic hydroxyl groups is 1. The molecule has 0 aromatic rings. The number of piperazine rings is 1. The summed E-state index contributed by atoms with van der Waals surface area (Å²) in [7, 11) is 0. The molecule has 3 heteroatoms. The number of nitrogens with zero attached hydrogens (tertiary/aromatic N) is 1. The van der Waals surface area contributed by atoms with Gasteiger partial charge < -0.3 is 10.4 Å². The fourth-order valence-electron chi connectivity index (χ4n) is 3.73. The van der Waals surface area contributed by atoms with Gasteiger partial charge in [-0.05, 0) is 12.8 Å². The summed E-state index contributed by atoms with van der Waals surface area (Å²) in [5, 5.41) is 13.0. The zero-order valence-electron chi connectivity index (χ0n) is 14.5. The Kier molecular flexibility index (Phi) is 10.3. The monoisotopic (exact) mass is 298 g/mol. The third kappa shape index (κ3) is 6.66. The number of unbranched alkanes of at least 4 members (excludes halogenated alkanes) is 6. The summed E-state index contributed by atoms with van der Waals surface area (Å²) in [4.78, 5) is 2.58. The maximum absolute atomic E-state index is 9.41. The van der Waals surface area contributed by atoms with Crippen LogP contribution in [-0.4, -0.2) is 48.3 Å². The van der Waals surface area contributed by atoms with Crippen molar-refractivity contribution in [2.75, 3.05) is 32.8 Å². The van der Waals surface area contributed by atoms with E-state index in [1.165, 1.54) is 64.2 Å². The van der Waals surface area contributed by atoms with Crippen molar-refractivity contribution in [2.24, 2.45) is 0 Å². The summed E-state index contributed by atoms with van der Waals surface area (Å²) in [5.41, 5.74) is 0.308.